The van der Waals surface area contributed by atoms with E-state index in [2.05, 4.69) is 25.5 Å². The van der Waals surface area contributed by atoms with Gasteiger partial charge >= 0.3 is 0 Å². The molecule has 2 N–H and O–H groups in total. The number of carbonyl (C=O) groups is 1. The molecule has 1 fully saturated rings. The predicted molar refractivity (Wildman–Crippen MR) is 100 cm³/mol. The van der Waals surface area contributed by atoms with Gasteiger partial charge in [0.05, 0.1) is 18.3 Å². The number of likely N-dealkylation sites (N-methyl/N-ethyl adjacent to an activating group) is 1. The molecule has 1 saturated heterocycles. The van der Waals surface area contributed by atoms with Crippen molar-refractivity contribution in [2.75, 3.05) is 40.8 Å². The molecule has 0 radical (unpaired) electrons. The minimum atomic E-state index is 0.0524. The fourth-order valence-corrected chi connectivity index (χ4v) is 3.06. The third-order valence-electron chi connectivity index (χ3n) is 4.39. The van der Waals surface area contributed by atoms with E-state index in [-0.39, 0.29) is 11.9 Å². The normalized spacial score (nSPS) is 18.2. The molecule has 7 heteroatoms. The van der Waals surface area contributed by atoms with Gasteiger partial charge in [-0.3, -0.25) is 19.7 Å². The Hall–Kier alpha value is -2.15. The van der Waals surface area contributed by atoms with Crippen LogP contribution in [0, 0.1) is 0 Å². The van der Waals surface area contributed by atoms with E-state index in [0.29, 0.717) is 6.54 Å². The molecule has 2 rings (SSSR count). The maximum absolute atomic E-state index is 12.2. The summed E-state index contributed by atoms with van der Waals surface area (Å²) < 4.78 is 0. The number of guanidine groups is 1. The molecule has 7 nitrogen and oxygen atoms in total. The molecule has 0 bridgehead atoms. The number of likely N-dealkylation sites (tertiary alicyclic amines) is 1. The predicted octanol–water partition coefficient (Wildman–Crippen LogP) is 0.689. The summed E-state index contributed by atoms with van der Waals surface area (Å²) in [5, 5.41) is 6.58. The zero-order valence-corrected chi connectivity index (χ0v) is 15.5. The summed E-state index contributed by atoms with van der Waals surface area (Å²) in [6, 6.07) is 5.91. The Morgan fingerprint density at radius 2 is 2.24 bits per heavy atom. The first-order chi connectivity index (χ1) is 12.1. The average molecular weight is 346 g/mol. The number of aromatic nitrogens is 1. The van der Waals surface area contributed by atoms with Crippen LogP contribution < -0.4 is 10.6 Å². The second-order valence-corrected chi connectivity index (χ2v) is 6.45. The summed E-state index contributed by atoms with van der Waals surface area (Å²) in [6.45, 7) is 3.40. The highest BCUT2D eigenvalue weighted by atomic mass is 16.2. The van der Waals surface area contributed by atoms with Crippen LogP contribution in [0.25, 0.3) is 0 Å². The van der Waals surface area contributed by atoms with Crippen molar-refractivity contribution in [3.05, 3.63) is 30.1 Å². The minimum Gasteiger partial charge on any atom is -0.356 e. The number of aliphatic imine (C=N–C) groups is 1. The van der Waals surface area contributed by atoms with Gasteiger partial charge in [0.25, 0.3) is 0 Å². The number of rotatable bonds is 7. The van der Waals surface area contributed by atoms with Crippen LogP contribution >= 0.6 is 0 Å². The molecular formula is C18H30N6O. The van der Waals surface area contributed by atoms with Gasteiger partial charge in [-0.05, 0) is 37.9 Å². The van der Waals surface area contributed by atoms with Gasteiger partial charge in [0.2, 0.25) is 5.91 Å². The molecule has 25 heavy (non-hydrogen) atoms. The summed E-state index contributed by atoms with van der Waals surface area (Å²) in [7, 11) is 5.43. The molecule has 2 heterocycles. The number of nitrogens with zero attached hydrogens (tertiary/aromatic N) is 4. The number of hydrogen-bond donors (Lipinski definition) is 2. The molecule has 0 spiro atoms. The monoisotopic (exact) mass is 346 g/mol. The minimum absolute atomic E-state index is 0.0524. The van der Waals surface area contributed by atoms with Crippen LogP contribution in [0.2, 0.25) is 0 Å². The highest BCUT2D eigenvalue weighted by molar-refractivity contribution is 5.81. The molecule has 1 aliphatic rings. The van der Waals surface area contributed by atoms with E-state index < -0.39 is 0 Å². The molecule has 1 unspecified atom stereocenters. The summed E-state index contributed by atoms with van der Waals surface area (Å²) >= 11 is 0. The second kappa shape index (κ2) is 9.98. The Bertz CT molecular complexity index is 560. The van der Waals surface area contributed by atoms with Crippen LogP contribution in [0.3, 0.4) is 0 Å². The third kappa shape index (κ3) is 6.01. The van der Waals surface area contributed by atoms with Gasteiger partial charge in [-0.2, -0.15) is 0 Å². The number of nitrogens with one attached hydrogen (secondary N) is 2. The van der Waals surface area contributed by atoms with Crippen LogP contribution in [0.15, 0.2) is 29.4 Å². The lowest BCUT2D eigenvalue weighted by atomic mass is 10.2. The highest BCUT2D eigenvalue weighted by Gasteiger charge is 2.30. The molecule has 138 valence electrons. The fraction of sp³-hybridized carbons (Fsp3) is 0.611. The average Bonchev–Trinajstić information content (AvgIpc) is 3.09. The van der Waals surface area contributed by atoms with Crippen molar-refractivity contribution in [2.45, 2.75) is 31.8 Å². The van der Waals surface area contributed by atoms with Gasteiger partial charge in [0.15, 0.2) is 5.96 Å². The van der Waals surface area contributed by atoms with Crippen LogP contribution in [-0.2, 0) is 11.3 Å². The SMILES string of the molecule is CN=C(NCCCN1CCCC1C(=O)N(C)C)NCc1ccccn1. The van der Waals surface area contributed by atoms with E-state index >= 15 is 0 Å². The lowest BCUT2D eigenvalue weighted by Gasteiger charge is -2.26. The van der Waals surface area contributed by atoms with Gasteiger partial charge in [0.1, 0.15) is 0 Å². The Balaban J connectivity index is 1.68. The van der Waals surface area contributed by atoms with E-state index in [0.717, 1.165) is 50.6 Å². The number of hydrogen-bond acceptors (Lipinski definition) is 4. The molecule has 1 aromatic rings. The van der Waals surface area contributed by atoms with E-state index in [1.807, 2.05) is 32.3 Å². The highest BCUT2D eigenvalue weighted by Crippen LogP contribution is 2.18. The molecular weight excluding hydrogens is 316 g/mol. The van der Waals surface area contributed by atoms with E-state index in [4.69, 9.17) is 0 Å². The number of pyridine rings is 1. The molecule has 1 amide bonds. The van der Waals surface area contributed by atoms with E-state index in [9.17, 15) is 4.79 Å². The molecule has 0 aliphatic carbocycles. The van der Waals surface area contributed by atoms with Crippen LogP contribution in [0.5, 0.6) is 0 Å². The second-order valence-electron chi connectivity index (χ2n) is 6.45. The maximum atomic E-state index is 12.2. The summed E-state index contributed by atoms with van der Waals surface area (Å²) in [5.41, 5.74) is 0.979. The first-order valence-electron chi connectivity index (χ1n) is 8.91. The van der Waals surface area contributed by atoms with Gasteiger partial charge in [-0.25, -0.2) is 0 Å². The molecule has 0 aromatic carbocycles. The molecule has 1 aliphatic heterocycles. The zero-order valence-electron chi connectivity index (χ0n) is 15.5. The largest absolute Gasteiger partial charge is 0.356 e. The van der Waals surface area contributed by atoms with E-state index in [1.54, 1.807) is 18.1 Å². The Morgan fingerprint density at radius 1 is 1.40 bits per heavy atom. The van der Waals surface area contributed by atoms with Crippen LogP contribution in [0.4, 0.5) is 0 Å². The van der Waals surface area contributed by atoms with Crippen molar-refractivity contribution in [3.8, 4) is 0 Å². The number of amides is 1. The Labute approximate surface area is 150 Å². The summed E-state index contributed by atoms with van der Waals surface area (Å²) in [4.78, 5) is 24.7. The maximum Gasteiger partial charge on any atom is 0.239 e. The molecule has 1 atom stereocenters. The smallest absolute Gasteiger partial charge is 0.239 e. The Morgan fingerprint density at radius 3 is 2.92 bits per heavy atom. The lowest BCUT2D eigenvalue weighted by molar-refractivity contribution is -0.133. The van der Waals surface area contributed by atoms with Crippen molar-refractivity contribution < 1.29 is 4.79 Å². The molecule has 1 aromatic heterocycles. The van der Waals surface area contributed by atoms with Gasteiger partial charge in [-0.1, -0.05) is 6.07 Å². The Kier molecular flexibility index (Phi) is 7.66. The van der Waals surface area contributed by atoms with Crippen molar-refractivity contribution >= 4 is 11.9 Å². The van der Waals surface area contributed by atoms with Gasteiger partial charge < -0.3 is 15.5 Å². The van der Waals surface area contributed by atoms with Gasteiger partial charge in [0, 0.05) is 40.4 Å². The lowest BCUT2D eigenvalue weighted by Crippen LogP contribution is -2.44. The van der Waals surface area contributed by atoms with Crippen molar-refractivity contribution in [1.82, 2.24) is 25.4 Å². The fourth-order valence-electron chi connectivity index (χ4n) is 3.06. The summed E-state index contributed by atoms with van der Waals surface area (Å²) in [5.74, 6) is 0.992. The zero-order chi connectivity index (χ0) is 18.1. The van der Waals surface area contributed by atoms with Crippen LogP contribution in [0.1, 0.15) is 25.0 Å². The van der Waals surface area contributed by atoms with Crippen LogP contribution in [-0.4, -0.2) is 73.5 Å². The third-order valence-corrected chi connectivity index (χ3v) is 4.39. The number of carbonyl (C=O) groups excluding carboxylic acids is 1. The van der Waals surface area contributed by atoms with Crippen molar-refractivity contribution in [3.63, 3.8) is 0 Å². The first-order valence-corrected chi connectivity index (χ1v) is 8.91. The standard InChI is InChI=1S/C18H30N6O/c1-19-18(22-14-15-8-4-5-10-20-15)21-11-7-13-24-12-6-9-16(24)17(25)23(2)3/h4-5,8,10,16H,6-7,9,11-14H2,1-3H3,(H2,19,21,22). The first kappa shape index (κ1) is 19.2. The van der Waals surface area contributed by atoms with Crippen molar-refractivity contribution in [1.29, 1.82) is 0 Å². The molecule has 0 saturated carbocycles. The quantitative estimate of drug-likeness (QED) is 0.432. The summed E-state index contributed by atoms with van der Waals surface area (Å²) in [6.07, 6.45) is 4.83. The topological polar surface area (TPSA) is 72.9 Å². The van der Waals surface area contributed by atoms with E-state index in [1.165, 1.54) is 0 Å². The van der Waals surface area contributed by atoms with Gasteiger partial charge in [-0.15, -0.1) is 0 Å². The van der Waals surface area contributed by atoms with Crippen molar-refractivity contribution in [2.24, 2.45) is 4.99 Å².